The van der Waals surface area contributed by atoms with Gasteiger partial charge in [0.1, 0.15) is 12.2 Å². The number of carbonyl (C=O) groups excluding carboxylic acids is 10. The fraction of sp³-hybridized carbons (Fsp3) is 0.549. The fourth-order valence-electron chi connectivity index (χ4n) is 11.5. The molecule has 0 radical (unpaired) electrons. The molecule has 0 aliphatic heterocycles. The van der Waals surface area contributed by atoms with Gasteiger partial charge >= 0.3 is 65.7 Å². The third-order valence-corrected chi connectivity index (χ3v) is 19.5. The average Bonchev–Trinajstić information content (AvgIpc) is 0.902. The first-order chi connectivity index (χ1) is 68.8. The maximum absolute atomic E-state index is 10.8. The third-order valence-electron chi connectivity index (χ3n) is 19.5. The zero-order chi connectivity index (χ0) is 111. The molecule has 1 aliphatic carbocycles. The summed E-state index contributed by atoms with van der Waals surface area (Å²) >= 11 is 0. The molecule has 0 heterocycles. The Morgan fingerprint density at radius 1 is 0.333 bits per heavy atom. The van der Waals surface area contributed by atoms with Crippen molar-refractivity contribution in [3.8, 4) is 0 Å². The van der Waals surface area contributed by atoms with Gasteiger partial charge in [-0.15, -0.1) is 6.58 Å². The molecule has 816 valence electrons. The number of carboxylic acids is 1. The first-order valence-electron chi connectivity index (χ1n) is 52.1. The smallest absolute Gasteiger partial charge is 0.335 e. The molecule has 2 atom stereocenters. The lowest BCUT2D eigenvalue weighted by Crippen LogP contribution is -2.22. The number of benzene rings is 3. The van der Waals surface area contributed by atoms with E-state index in [0.29, 0.717) is 76.2 Å². The van der Waals surface area contributed by atoms with Crippen molar-refractivity contribution < 1.29 is 105 Å². The van der Waals surface area contributed by atoms with Crippen molar-refractivity contribution in [1.29, 1.82) is 0 Å². The number of aromatic carboxylic acids is 1. The van der Waals surface area contributed by atoms with Crippen molar-refractivity contribution in [3.63, 3.8) is 0 Å². The van der Waals surface area contributed by atoms with Crippen molar-refractivity contribution in [2.75, 3.05) is 46.2 Å². The van der Waals surface area contributed by atoms with Crippen LogP contribution in [0, 0.1) is 23.7 Å². The van der Waals surface area contributed by atoms with Crippen LogP contribution in [0.15, 0.2) is 237 Å². The first kappa shape index (κ1) is 150. The van der Waals surface area contributed by atoms with Gasteiger partial charge in [0.05, 0.1) is 57.9 Å². The molecule has 2 unspecified atom stereocenters. The van der Waals surface area contributed by atoms with Crippen LogP contribution in [0.5, 0.6) is 0 Å². The predicted molar refractivity (Wildman–Crippen MR) is 598 cm³/mol. The molecule has 0 amide bonds. The van der Waals surface area contributed by atoms with Gasteiger partial charge in [0.25, 0.3) is 0 Å². The van der Waals surface area contributed by atoms with E-state index >= 15 is 0 Å². The van der Waals surface area contributed by atoms with E-state index in [9.17, 15) is 52.7 Å². The zero-order valence-corrected chi connectivity index (χ0v) is 92.2. The number of carboxylic acid groups (broad SMARTS) is 1. The van der Waals surface area contributed by atoms with Crippen LogP contribution in [0.4, 0.5) is 0 Å². The van der Waals surface area contributed by atoms with Crippen LogP contribution in [0.2, 0.25) is 0 Å². The molecular formula is C122H196O22. The topological polar surface area (TPSA) is 300 Å². The highest BCUT2D eigenvalue weighted by molar-refractivity contribution is 5.88. The molecule has 144 heavy (non-hydrogen) atoms. The van der Waals surface area contributed by atoms with Crippen molar-refractivity contribution in [1.82, 2.24) is 0 Å². The second-order valence-corrected chi connectivity index (χ2v) is 35.2. The standard InChI is InChI=1S/3C14H26O2.C11H20O2.C10H16O2.C10H10O2.C9H8O2.2C8H14O2.C8H8.C7H12O2.C6H10O2.C3H6/c1-5-14(15)16-11-13(4)10-8-6-7-9-12(2)3;2*1-3-5-6-7-8-9-10-11-12-13-16-14(15)4-2;1-4-6-7-8-10(3)9-13-11(12)5-2;2*1-2-10(11)12-8-9-6-4-3-5-7-9;1-2-7-3-5-8(6-4-7)9(10)11;2*1-3-5-6-7-10-8(9)4-2;1-2-8-6-4-3-5-7-8;1-5-6(8)9-7(2,3)4;1-4-6(7)8-5(2)3;1-3-2/h5,12-13H,1,6-11H2,2-4H3;2*4H,2-3,5-13H2,1H3;5,10H,2,4,6-9H2,1,3H3;2,9H,1,3-8H2;2-7H,1,8H2;2-6H,1H2,(H,10,11);2*4H,2-3,5-7H2,1H3;2-7H,1H2;5H,1H2,2-4H3;4-5H,1H2,2-3H3;3H,1H2,2H3. The van der Waals surface area contributed by atoms with Crippen molar-refractivity contribution in [2.45, 2.75) is 366 Å². The normalized spacial score (nSPS) is 10.7. The lowest BCUT2D eigenvalue weighted by atomic mass is 9.90. The Labute approximate surface area is 873 Å². The predicted octanol–water partition coefficient (Wildman–Crippen LogP) is 31.6. The van der Waals surface area contributed by atoms with Gasteiger partial charge in [-0.3, -0.25) is 0 Å². The van der Waals surface area contributed by atoms with Crippen LogP contribution in [0.1, 0.15) is 375 Å². The summed E-state index contributed by atoms with van der Waals surface area (Å²) in [5.74, 6) is -1.87. The van der Waals surface area contributed by atoms with E-state index < -0.39 is 11.6 Å². The van der Waals surface area contributed by atoms with E-state index in [1.807, 2.05) is 94.4 Å². The van der Waals surface area contributed by atoms with Gasteiger partial charge < -0.3 is 52.5 Å². The van der Waals surface area contributed by atoms with Crippen LogP contribution in [0.3, 0.4) is 0 Å². The Bertz CT molecular complexity index is 3660. The molecule has 0 saturated heterocycles. The lowest BCUT2D eigenvalue weighted by Gasteiger charge is -2.20. The van der Waals surface area contributed by atoms with E-state index in [-0.39, 0.29) is 65.8 Å². The highest BCUT2D eigenvalue weighted by Crippen LogP contribution is 2.24. The molecule has 1 N–H and O–H groups in total. The Hall–Kier alpha value is -11.6. The van der Waals surface area contributed by atoms with Crippen LogP contribution in [0.25, 0.3) is 12.2 Å². The summed E-state index contributed by atoms with van der Waals surface area (Å²) in [4.78, 5) is 116. The number of hydrogen-bond acceptors (Lipinski definition) is 21. The molecule has 22 heteroatoms. The number of ether oxygens (including phenoxy) is 10. The summed E-state index contributed by atoms with van der Waals surface area (Å²) in [6.07, 6.45) is 64.1. The van der Waals surface area contributed by atoms with Gasteiger partial charge in [0.15, 0.2) is 0 Å². The van der Waals surface area contributed by atoms with Crippen molar-refractivity contribution >= 4 is 77.8 Å². The number of rotatable bonds is 60. The minimum absolute atomic E-state index is 0.0412. The van der Waals surface area contributed by atoms with Crippen LogP contribution >= 0.6 is 0 Å². The van der Waals surface area contributed by atoms with Gasteiger partial charge in [-0.05, 0) is 145 Å². The highest BCUT2D eigenvalue weighted by atomic mass is 16.6. The van der Waals surface area contributed by atoms with Gasteiger partial charge in [0.2, 0.25) is 0 Å². The summed E-state index contributed by atoms with van der Waals surface area (Å²) in [5, 5.41) is 8.52. The SMILES string of the molecule is C=CC.C=CC(=O)OC(C)(C)C.C=CC(=O)OC(C)C.C=CC(=O)OCC(C)CCCCC.C=CC(=O)OCC(C)CCCCCC(C)C.C=CC(=O)OCC1CCCCC1.C=CC(=O)OCCCCC.C=CC(=O)OCCCCC.C=CC(=O)OCCCCCCCCCCC.C=CC(=O)OCCCCCCCCCCC.C=CC(=O)OCc1ccccc1.C=Cc1ccc(C(=O)O)cc1.C=Cc1ccccc1. The average molecular weight is 2010 g/mol. The molecule has 0 spiro atoms. The zero-order valence-electron chi connectivity index (χ0n) is 92.2. The minimum Gasteiger partial charge on any atom is -0.478 e. The Morgan fingerprint density at radius 3 is 0.910 bits per heavy atom. The number of hydrogen-bond donors (Lipinski definition) is 1. The van der Waals surface area contributed by atoms with Gasteiger partial charge in [0, 0.05) is 60.8 Å². The molecule has 22 nitrogen and oxygen atoms in total. The van der Waals surface area contributed by atoms with E-state index in [1.165, 1.54) is 215 Å². The Balaban J connectivity index is -0.000000198. The molecular weight excluding hydrogens is 1820 g/mol. The monoisotopic (exact) mass is 2010 g/mol. The maximum Gasteiger partial charge on any atom is 0.335 e. The highest BCUT2D eigenvalue weighted by Gasteiger charge is 2.16. The number of esters is 10. The van der Waals surface area contributed by atoms with Crippen LogP contribution in [-0.2, 0) is 102 Å². The van der Waals surface area contributed by atoms with Gasteiger partial charge in [-0.1, -0.05) is 425 Å². The van der Waals surface area contributed by atoms with E-state index in [1.54, 1.807) is 50.3 Å². The van der Waals surface area contributed by atoms with Gasteiger partial charge in [-0.25, -0.2) is 52.7 Å². The largest absolute Gasteiger partial charge is 0.478 e. The van der Waals surface area contributed by atoms with E-state index in [4.69, 9.17) is 47.7 Å². The third kappa shape index (κ3) is 132. The summed E-state index contributed by atoms with van der Waals surface area (Å²) in [6.45, 7) is 78.3. The number of unbranched alkanes of at least 4 members (excludes halogenated alkanes) is 24. The Morgan fingerprint density at radius 2 is 0.611 bits per heavy atom. The van der Waals surface area contributed by atoms with Crippen molar-refractivity contribution in [2.24, 2.45) is 23.7 Å². The minimum atomic E-state index is -0.902. The molecule has 1 fully saturated rings. The second-order valence-electron chi connectivity index (χ2n) is 35.2. The van der Waals surface area contributed by atoms with Crippen molar-refractivity contribution in [3.05, 3.63) is 260 Å². The summed E-state index contributed by atoms with van der Waals surface area (Å²) in [7, 11) is 0. The summed E-state index contributed by atoms with van der Waals surface area (Å²) in [5.41, 5.74) is 2.98. The molecule has 3 aromatic carbocycles. The molecule has 1 aliphatic rings. The second kappa shape index (κ2) is 118. The van der Waals surface area contributed by atoms with E-state index in [2.05, 4.69) is 153 Å². The lowest BCUT2D eigenvalue weighted by molar-refractivity contribution is -0.149. The summed E-state index contributed by atoms with van der Waals surface area (Å²) < 4.78 is 48.4. The maximum atomic E-state index is 10.8. The van der Waals surface area contributed by atoms with Gasteiger partial charge in [-0.2, -0.15) is 0 Å². The number of allylic oxidation sites excluding steroid dienone is 1. The van der Waals surface area contributed by atoms with Crippen LogP contribution in [-0.4, -0.2) is 129 Å². The number of carbonyl (C=O) groups is 11. The van der Waals surface area contributed by atoms with E-state index in [0.717, 1.165) is 112 Å². The quantitative estimate of drug-likeness (QED) is 0.0180. The molecule has 3 aromatic rings. The summed E-state index contributed by atoms with van der Waals surface area (Å²) in [6, 6.07) is 26.1. The molecule has 0 aromatic heterocycles. The fourth-order valence-corrected chi connectivity index (χ4v) is 11.5. The van der Waals surface area contributed by atoms with Crippen LogP contribution < -0.4 is 0 Å². The molecule has 4 rings (SSSR count). The molecule has 0 bridgehead atoms. The molecule has 1 saturated carbocycles. The first-order valence-corrected chi connectivity index (χ1v) is 52.1. The Kier molecular flexibility index (Phi) is 123.